The van der Waals surface area contributed by atoms with Crippen molar-refractivity contribution in [2.75, 3.05) is 6.26 Å². The van der Waals surface area contributed by atoms with Crippen molar-refractivity contribution in [2.24, 2.45) is 12.0 Å². The summed E-state index contributed by atoms with van der Waals surface area (Å²) in [6, 6.07) is 11.9. The Morgan fingerprint density at radius 2 is 1.87 bits per heavy atom. The first kappa shape index (κ1) is 16.0. The predicted molar refractivity (Wildman–Crippen MR) is 98.4 cm³/mol. The lowest BCUT2D eigenvalue weighted by Crippen LogP contribution is -2.13. The molecule has 0 aliphatic heterocycles. The Bertz CT molecular complexity index is 950. The van der Waals surface area contributed by atoms with E-state index in [1.165, 1.54) is 15.8 Å². The molecule has 1 amide bonds. The Hall–Kier alpha value is -1.85. The molecule has 0 unspecified atom stereocenters. The summed E-state index contributed by atoms with van der Waals surface area (Å²) in [7, 11) is 1.96. The Morgan fingerprint density at radius 3 is 2.52 bits per heavy atom. The quantitative estimate of drug-likeness (QED) is 0.650. The highest BCUT2D eigenvalue weighted by atomic mass is 32.2. The second-order valence-electron chi connectivity index (χ2n) is 5.52. The van der Waals surface area contributed by atoms with Crippen LogP contribution in [0.3, 0.4) is 0 Å². The number of hydrogen-bond donors (Lipinski definition) is 0. The van der Waals surface area contributed by atoms with Gasteiger partial charge in [0.05, 0.1) is 10.2 Å². The van der Waals surface area contributed by atoms with E-state index in [-0.39, 0.29) is 5.91 Å². The van der Waals surface area contributed by atoms with Crippen LogP contribution in [0.4, 0.5) is 0 Å². The van der Waals surface area contributed by atoms with Crippen LogP contribution in [-0.4, -0.2) is 16.7 Å². The van der Waals surface area contributed by atoms with E-state index in [4.69, 9.17) is 0 Å². The molecule has 0 aliphatic carbocycles. The fraction of sp³-hybridized carbons (Fsp3) is 0.222. The van der Waals surface area contributed by atoms with Crippen LogP contribution in [0.15, 0.2) is 46.3 Å². The first-order valence-corrected chi connectivity index (χ1v) is 9.33. The van der Waals surface area contributed by atoms with Crippen molar-refractivity contribution in [1.29, 1.82) is 0 Å². The maximum absolute atomic E-state index is 12.4. The fourth-order valence-corrected chi connectivity index (χ4v) is 4.03. The predicted octanol–water partition coefficient (Wildman–Crippen LogP) is 4.32. The molecule has 118 valence electrons. The number of carbonyl (C=O) groups is 1. The first-order chi connectivity index (χ1) is 11.0. The summed E-state index contributed by atoms with van der Waals surface area (Å²) < 4.78 is 3.18. The Morgan fingerprint density at radius 1 is 1.17 bits per heavy atom. The molecular formula is C18H18N2OS2. The second-order valence-corrected chi connectivity index (χ2v) is 7.38. The molecule has 0 saturated heterocycles. The molecule has 0 saturated carbocycles. The van der Waals surface area contributed by atoms with Gasteiger partial charge in [0.1, 0.15) is 0 Å². The van der Waals surface area contributed by atoms with Crippen molar-refractivity contribution in [3.8, 4) is 0 Å². The van der Waals surface area contributed by atoms with E-state index in [0.29, 0.717) is 5.56 Å². The van der Waals surface area contributed by atoms with Gasteiger partial charge in [0.15, 0.2) is 4.80 Å². The molecule has 0 bridgehead atoms. The molecule has 3 rings (SSSR count). The molecule has 0 fully saturated rings. The van der Waals surface area contributed by atoms with Gasteiger partial charge in [-0.3, -0.25) is 4.79 Å². The lowest BCUT2D eigenvalue weighted by Gasteiger charge is -2.00. The number of aryl methyl sites for hydroxylation is 3. The number of fused-ring (bicyclic) bond motifs is 1. The Balaban J connectivity index is 2.08. The van der Waals surface area contributed by atoms with Crippen molar-refractivity contribution in [3.05, 3.63) is 57.9 Å². The molecule has 0 N–H and O–H groups in total. The zero-order chi connectivity index (χ0) is 16.6. The second kappa shape index (κ2) is 6.34. The van der Waals surface area contributed by atoms with Crippen LogP contribution in [0.2, 0.25) is 0 Å². The van der Waals surface area contributed by atoms with Gasteiger partial charge in [-0.1, -0.05) is 17.4 Å². The maximum Gasteiger partial charge on any atom is 0.279 e. The normalized spacial score (nSPS) is 12.1. The highest BCUT2D eigenvalue weighted by Gasteiger charge is 2.09. The molecule has 5 heteroatoms. The van der Waals surface area contributed by atoms with Gasteiger partial charge in [0.2, 0.25) is 0 Å². The number of aromatic nitrogens is 1. The fourth-order valence-electron chi connectivity index (χ4n) is 2.56. The molecule has 23 heavy (non-hydrogen) atoms. The van der Waals surface area contributed by atoms with Crippen molar-refractivity contribution in [3.63, 3.8) is 0 Å². The molecule has 1 aromatic heterocycles. The highest BCUT2D eigenvalue weighted by molar-refractivity contribution is 7.98. The van der Waals surface area contributed by atoms with Crippen LogP contribution in [0.25, 0.3) is 10.2 Å². The minimum atomic E-state index is -0.200. The smallest absolute Gasteiger partial charge is 0.279 e. The van der Waals surface area contributed by atoms with Crippen molar-refractivity contribution < 1.29 is 4.79 Å². The van der Waals surface area contributed by atoms with E-state index >= 15 is 0 Å². The average molecular weight is 342 g/mol. The number of nitrogens with zero attached hydrogens (tertiary/aromatic N) is 2. The molecule has 0 radical (unpaired) electrons. The van der Waals surface area contributed by atoms with Crippen LogP contribution in [0.1, 0.15) is 21.5 Å². The zero-order valence-corrected chi connectivity index (χ0v) is 15.2. The molecule has 0 spiro atoms. The number of hydrogen-bond acceptors (Lipinski definition) is 3. The molecule has 0 atom stereocenters. The van der Waals surface area contributed by atoms with Gasteiger partial charge >= 0.3 is 0 Å². The highest BCUT2D eigenvalue weighted by Crippen LogP contribution is 2.22. The maximum atomic E-state index is 12.4. The van der Waals surface area contributed by atoms with Gasteiger partial charge in [0, 0.05) is 17.5 Å². The van der Waals surface area contributed by atoms with E-state index < -0.39 is 0 Å². The van der Waals surface area contributed by atoms with Gasteiger partial charge in [0.25, 0.3) is 5.91 Å². The molecule has 0 aliphatic rings. The monoisotopic (exact) mass is 342 g/mol. The summed E-state index contributed by atoms with van der Waals surface area (Å²) in [4.78, 5) is 18.6. The van der Waals surface area contributed by atoms with E-state index in [1.807, 2.05) is 42.1 Å². The van der Waals surface area contributed by atoms with Crippen LogP contribution in [-0.2, 0) is 7.05 Å². The number of amides is 1. The topological polar surface area (TPSA) is 34.4 Å². The van der Waals surface area contributed by atoms with Gasteiger partial charge in [-0.15, -0.1) is 11.8 Å². The molecule has 2 aromatic carbocycles. The minimum Gasteiger partial charge on any atom is -0.319 e. The van der Waals surface area contributed by atoms with Gasteiger partial charge in [-0.05, 0) is 61.6 Å². The number of benzene rings is 2. The van der Waals surface area contributed by atoms with E-state index in [9.17, 15) is 4.79 Å². The SMILES string of the molecule is CSc1ccc(C(=O)N=c2sc3c(C)cc(C)cc3n2C)cc1. The number of thioether (sulfide) groups is 1. The van der Waals surface area contributed by atoms with Crippen molar-refractivity contribution in [1.82, 2.24) is 4.57 Å². The summed E-state index contributed by atoms with van der Waals surface area (Å²) in [5.74, 6) is -0.200. The van der Waals surface area contributed by atoms with E-state index in [2.05, 4.69) is 31.0 Å². The number of carbonyl (C=O) groups excluding carboxylic acids is 1. The summed E-state index contributed by atoms with van der Waals surface area (Å²) >= 11 is 3.22. The van der Waals surface area contributed by atoms with Gasteiger partial charge in [-0.25, -0.2) is 0 Å². The zero-order valence-electron chi connectivity index (χ0n) is 13.6. The number of thiazole rings is 1. The third-order valence-corrected chi connectivity index (χ3v) is 5.80. The standard InChI is InChI=1S/C18H18N2OS2/c1-11-9-12(2)16-15(10-11)20(3)18(23-16)19-17(21)13-5-7-14(22-4)8-6-13/h5-10H,1-4H3. The lowest BCUT2D eigenvalue weighted by atomic mass is 10.1. The van der Waals surface area contributed by atoms with E-state index in [1.54, 1.807) is 23.1 Å². The summed E-state index contributed by atoms with van der Waals surface area (Å²) in [5.41, 5.74) is 4.18. The van der Waals surface area contributed by atoms with Crippen LogP contribution < -0.4 is 4.80 Å². The Kier molecular flexibility index (Phi) is 4.41. The summed E-state index contributed by atoms with van der Waals surface area (Å²) in [6.45, 7) is 4.18. The summed E-state index contributed by atoms with van der Waals surface area (Å²) in [6.07, 6.45) is 2.02. The van der Waals surface area contributed by atoms with Crippen LogP contribution in [0, 0.1) is 13.8 Å². The largest absolute Gasteiger partial charge is 0.319 e. The Labute approximate surface area is 143 Å². The molecular weight excluding hydrogens is 324 g/mol. The molecule has 1 heterocycles. The van der Waals surface area contributed by atoms with Gasteiger partial charge in [-0.2, -0.15) is 4.99 Å². The third kappa shape index (κ3) is 3.12. The van der Waals surface area contributed by atoms with Crippen LogP contribution >= 0.6 is 23.1 Å². The lowest BCUT2D eigenvalue weighted by molar-refractivity contribution is 0.0998. The van der Waals surface area contributed by atoms with Crippen molar-refractivity contribution in [2.45, 2.75) is 18.7 Å². The van der Waals surface area contributed by atoms with Gasteiger partial charge < -0.3 is 4.57 Å². The molecule has 3 aromatic rings. The van der Waals surface area contributed by atoms with Crippen LogP contribution in [0.5, 0.6) is 0 Å². The minimum absolute atomic E-state index is 0.200. The summed E-state index contributed by atoms with van der Waals surface area (Å²) in [5, 5.41) is 0. The molecule has 3 nitrogen and oxygen atoms in total. The average Bonchev–Trinajstić information content (AvgIpc) is 2.84. The van der Waals surface area contributed by atoms with E-state index in [0.717, 1.165) is 15.2 Å². The first-order valence-electron chi connectivity index (χ1n) is 7.29. The van der Waals surface area contributed by atoms with Crippen molar-refractivity contribution >= 4 is 39.2 Å². The number of rotatable bonds is 2. The third-order valence-electron chi connectivity index (χ3n) is 3.78.